The van der Waals surface area contributed by atoms with Crippen LogP contribution < -0.4 is 22.3 Å². The Bertz CT molecular complexity index is 690. The van der Waals surface area contributed by atoms with Crippen molar-refractivity contribution in [1.82, 2.24) is 0 Å². The molecule has 5 nitrogen and oxygen atoms in total. The molecule has 6 N–H and O–H groups in total. The Morgan fingerprint density at radius 2 is 1.59 bits per heavy atom. The fraction of sp³-hybridized carbons (Fsp3) is 0.250. The largest absolute Gasteiger partial charge is 1.00 e. The van der Waals surface area contributed by atoms with E-state index in [1.165, 1.54) is 6.07 Å². The Morgan fingerprint density at radius 3 is 2.32 bits per heavy atom. The van der Waals surface area contributed by atoms with Crippen molar-refractivity contribution < 1.29 is 42.7 Å². The quantitative estimate of drug-likeness (QED) is 0.393. The van der Waals surface area contributed by atoms with Crippen LogP contribution in [0.5, 0.6) is 23.0 Å². The number of benzene rings is 2. The van der Waals surface area contributed by atoms with Crippen LogP contribution in [0.4, 0.5) is 0 Å². The van der Waals surface area contributed by atoms with Gasteiger partial charge >= 0.3 is 0 Å². The molecular formula is C16H18BrNO4. The lowest BCUT2D eigenvalue weighted by Crippen LogP contribution is -3.00. The minimum absolute atomic E-state index is 0. The Kier molecular flexibility index (Phi) is 4.83. The number of phenols is 4. The third-order valence-electron chi connectivity index (χ3n) is 4.00. The second kappa shape index (κ2) is 6.46. The fourth-order valence-corrected chi connectivity index (χ4v) is 2.91. The Balaban J connectivity index is 0.00000176. The van der Waals surface area contributed by atoms with Crippen molar-refractivity contribution in [3.05, 3.63) is 47.0 Å². The van der Waals surface area contributed by atoms with Gasteiger partial charge in [0.25, 0.3) is 0 Å². The molecule has 0 aromatic heterocycles. The van der Waals surface area contributed by atoms with E-state index < -0.39 is 0 Å². The predicted octanol–water partition coefficient (Wildman–Crippen LogP) is -2.08. The SMILES string of the molecule is Oc1ccc(CC2[NH2+]CCc3cc(O)c(O)cc32)cc1O.[Br-]. The summed E-state index contributed by atoms with van der Waals surface area (Å²) in [6.45, 7) is 0.909. The van der Waals surface area contributed by atoms with Crippen molar-refractivity contribution in [2.75, 3.05) is 6.54 Å². The van der Waals surface area contributed by atoms with Gasteiger partial charge in [-0.15, -0.1) is 0 Å². The molecule has 1 atom stereocenters. The molecule has 118 valence electrons. The van der Waals surface area contributed by atoms with E-state index in [0.717, 1.165) is 29.7 Å². The highest BCUT2D eigenvalue weighted by molar-refractivity contribution is 5.47. The molecule has 1 aliphatic rings. The van der Waals surface area contributed by atoms with Crippen LogP contribution in [0.3, 0.4) is 0 Å². The lowest BCUT2D eigenvalue weighted by atomic mass is 9.90. The van der Waals surface area contributed by atoms with E-state index in [1.807, 2.05) is 0 Å². The number of fused-ring (bicyclic) bond motifs is 1. The highest BCUT2D eigenvalue weighted by atomic mass is 79.9. The number of hydrogen-bond donors (Lipinski definition) is 5. The summed E-state index contributed by atoms with van der Waals surface area (Å²) in [5.74, 6) is -0.453. The van der Waals surface area contributed by atoms with Gasteiger partial charge in [-0.2, -0.15) is 0 Å². The van der Waals surface area contributed by atoms with E-state index in [-0.39, 0.29) is 46.0 Å². The van der Waals surface area contributed by atoms with Crippen LogP contribution in [-0.2, 0) is 12.8 Å². The summed E-state index contributed by atoms with van der Waals surface area (Å²) < 4.78 is 0. The smallest absolute Gasteiger partial charge is 0.157 e. The van der Waals surface area contributed by atoms with Gasteiger partial charge in [0.2, 0.25) is 0 Å². The molecule has 2 aromatic carbocycles. The van der Waals surface area contributed by atoms with Crippen LogP contribution in [0.1, 0.15) is 22.7 Å². The van der Waals surface area contributed by atoms with Gasteiger partial charge in [0, 0.05) is 18.4 Å². The van der Waals surface area contributed by atoms with Crippen LogP contribution in [0.2, 0.25) is 0 Å². The molecule has 6 heteroatoms. The number of nitrogens with two attached hydrogens (primary N) is 1. The monoisotopic (exact) mass is 367 g/mol. The summed E-state index contributed by atoms with van der Waals surface area (Å²) in [7, 11) is 0. The Labute approximate surface area is 138 Å². The van der Waals surface area contributed by atoms with E-state index in [4.69, 9.17) is 0 Å². The third-order valence-corrected chi connectivity index (χ3v) is 4.00. The maximum Gasteiger partial charge on any atom is 0.157 e. The molecule has 0 fully saturated rings. The second-order valence-electron chi connectivity index (χ2n) is 5.45. The van der Waals surface area contributed by atoms with Crippen molar-refractivity contribution in [2.45, 2.75) is 18.9 Å². The lowest BCUT2D eigenvalue weighted by molar-refractivity contribution is -0.698. The first-order chi connectivity index (χ1) is 10.0. The molecule has 3 rings (SSSR count). The summed E-state index contributed by atoms with van der Waals surface area (Å²) in [5, 5.41) is 40.4. The van der Waals surface area contributed by atoms with E-state index in [2.05, 4.69) is 5.32 Å². The van der Waals surface area contributed by atoms with E-state index in [1.54, 1.807) is 24.3 Å². The highest BCUT2D eigenvalue weighted by Gasteiger charge is 2.25. The summed E-state index contributed by atoms with van der Waals surface area (Å²) >= 11 is 0. The minimum atomic E-state index is -0.130. The van der Waals surface area contributed by atoms with Crippen molar-refractivity contribution in [3.8, 4) is 23.0 Å². The normalized spacial score (nSPS) is 16.6. The van der Waals surface area contributed by atoms with E-state index >= 15 is 0 Å². The first kappa shape index (κ1) is 16.5. The van der Waals surface area contributed by atoms with Crippen LogP contribution in [0.25, 0.3) is 0 Å². The van der Waals surface area contributed by atoms with Crippen molar-refractivity contribution >= 4 is 0 Å². The molecule has 2 aromatic rings. The van der Waals surface area contributed by atoms with Gasteiger partial charge in [0.15, 0.2) is 23.0 Å². The topological polar surface area (TPSA) is 97.5 Å². The van der Waals surface area contributed by atoms with Gasteiger partial charge in [-0.1, -0.05) is 6.07 Å². The molecule has 0 saturated carbocycles. The summed E-state index contributed by atoms with van der Waals surface area (Å²) in [4.78, 5) is 0. The number of quaternary nitrogens is 1. The molecule has 0 bridgehead atoms. The maximum atomic E-state index is 9.70. The molecular weight excluding hydrogens is 350 g/mol. The summed E-state index contributed by atoms with van der Waals surface area (Å²) in [6.07, 6.45) is 1.52. The number of phenolic OH excluding ortho intramolecular Hbond substituents is 4. The van der Waals surface area contributed by atoms with Gasteiger partial charge < -0.3 is 42.7 Å². The first-order valence-corrected chi connectivity index (χ1v) is 6.93. The zero-order valence-electron chi connectivity index (χ0n) is 11.8. The number of aromatic hydroxyl groups is 4. The van der Waals surface area contributed by atoms with E-state index in [9.17, 15) is 20.4 Å². The zero-order chi connectivity index (χ0) is 15.0. The first-order valence-electron chi connectivity index (χ1n) is 6.93. The average Bonchev–Trinajstić information content (AvgIpc) is 2.45. The van der Waals surface area contributed by atoms with Gasteiger partial charge in [-0.25, -0.2) is 0 Å². The highest BCUT2D eigenvalue weighted by Crippen LogP contribution is 2.33. The third kappa shape index (κ3) is 3.13. The van der Waals surface area contributed by atoms with Crippen molar-refractivity contribution in [2.24, 2.45) is 0 Å². The number of hydrogen-bond acceptors (Lipinski definition) is 4. The molecule has 0 aliphatic carbocycles. The lowest BCUT2D eigenvalue weighted by Gasteiger charge is -2.24. The number of rotatable bonds is 2. The minimum Gasteiger partial charge on any atom is -1.00 e. The molecule has 1 heterocycles. The van der Waals surface area contributed by atoms with Crippen LogP contribution in [0.15, 0.2) is 30.3 Å². The van der Waals surface area contributed by atoms with Crippen LogP contribution in [0, 0.1) is 0 Å². The van der Waals surface area contributed by atoms with Crippen LogP contribution >= 0.6 is 0 Å². The molecule has 0 spiro atoms. The van der Waals surface area contributed by atoms with Gasteiger partial charge in [0.1, 0.15) is 6.04 Å². The summed E-state index contributed by atoms with van der Waals surface area (Å²) in [6, 6.07) is 8.16. The van der Waals surface area contributed by atoms with Crippen LogP contribution in [-0.4, -0.2) is 27.0 Å². The molecule has 0 amide bonds. The van der Waals surface area contributed by atoms with Crippen molar-refractivity contribution in [3.63, 3.8) is 0 Å². The summed E-state index contributed by atoms with van der Waals surface area (Å²) in [5.41, 5.74) is 2.96. The van der Waals surface area contributed by atoms with Gasteiger partial charge in [-0.05, 0) is 35.4 Å². The molecule has 0 saturated heterocycles. The maximum absolute atomic E-state index is 9.70. The Morgan fingerprint density at radius 1 is 0.909 bits per heavy atom. The Hall–Kier alpha value is -1.92. The number of halogens is 1. The molecule has 22 heavy (non-hydrogen) atoms. The standard InChI is InChI=1S/C16H17NO4.BrH/c18-13-2-1-9(6-14(13)19)5-12-11-8-16(21)15(20)7-10(11)3-4-17-12;/h1-2,6-8,12,17-21H,3-5H2;1H. The molecule has 0 radical (unpaired) electrons. The van der Waals surface area contributed by atoms with E-state index in [0.29, 0.717) is 6.42 Å². The van der Waals surface area contributed by atoms with Crippen molar-refractivity contribution in [1.29, 1.82) is 0 Å². The van der Waals surface area contributed by atoms with Gasteiger partial charge in [0.05, 0.1) is 6.54 Å². The second-order valence-corrected chi connectivity index (χ2v) is 5.45. The zero-order valence-corrected chi connectivity index (χ0v) is 13.4. The molecule has 1 unspecified atom stereocenters. The van der Waals surface area contributed by atoms with Gasteiger partial charge in [-0.3, -0.25) is 0 Å². The average molecular weight is 368 g/mol. The molecule has 1 aliphatic heterocycles. The predicted molar refractivity (Wildman–Crippen MR) is 76.5 cm³/mol. The fourth-order valence-electron chi connectivity index (χ4n) is 2.91.